The molecular formula is C10H8FNO2S. The molecular weight excluding hydrogens is 217 g/mol. The first-order valence-electron chi connectivity index (χ1n) is 4.20. The summed E-state index contributed by atoms with van der Waals surface area (Å²) >= 11 is 0. The Labute approximate surface area is 86.4 Å². The number of nitrogens with two attached hydrogens (primary N) is 1. The van der Waals surface area contributed by atoms with Crippen LogP contribution in [0.1, 0.15) is 0 Å². The molecule has 0 unspecified atom stereocenters. The molecule has 15 heavy (non-hydrogen) atoms. The van der Waals surface area contributed by atoms with Crippen molar-refractivity contribution >= 4 is 20.8 Å². The predicted octanol–water partition coefficient (Wildman–Crippen LogP) is 1.63. The number of halogens is 1. The summed E-state index contributed by atoms with van der Waals surface area (Å²) in [5.74, 6) is -0.796. The van der Waals surface area contributed by atoms with Gasteiger partial charge in [0.15, 0.2) is 5.82 Å². The van der Waals surface area contributed by atoms with E-state index >= 15 is 0 Å². The highest BCUT2D eigenvalue weighted by atomic mass is 32.2. The van der Waals surface area contributed by atoms with E-state index in [2.05, 4.69) is 0 Å². The van der Waals surface area contributed by atoms with Gasteiger partial charge in [-0.05, 0) is 11.5 Å². The summed E-state index contributed by atoms with van der Waals surface area (Å²) in [4.78, 5) is -0.471. The zero-order chi connectivity index (χ0) is 11.1. The van der Waals surface area contributed by atoms with Crippen molar-refractivity contribution in [3.63, 3.8) is 0 Å². The molecule has 0 fully saturated rings. The number of hydrogen-bond donors (Lipinski definition) is 1. The second kappa shape index (κ2) is 3.29. The molecule has 5 heteroatoms. The minimum absolute atomic E-state index is 0.254. The number of rotatable bonds is 1. The topological polar surface area (TPSA) is 60.2 Å². The maximum absolute atomic E-state index is 13.7. The van der Waals surface area contributed by atoms with Gasteiger partial charge in [-0.2, -0.15) is 0 Å². The summed E-state index contributed by atoms with van der Waals surface area (Å²) in [7, 11) is -4.00. The summed E-state index contributed by atoms with van der Waals surface area (Å²) in [5.41, 5.74) is 0. The quantitative estimate of drug-likeness (QED) is 0.801. The molecule has 0 bridgehead atoms. The van der Waals surface area contributed by atoms with Crippen molar-refractivity contribution in [1.82, 2.24) is 0 Å². The highest BCUT2D eigenvalue weighted by Gasteiger charge is 2.15. The molecule has 2 rings (SSSR count). The Hall–Kier alpha value is -1.46. The van der Waals surface area contributed by atoms with Crippen LogP contribution >= 0.6 is 0 Å². The van der Waals surface area contributed by atoms with Crippen LogP contribution in [-0.2, 0) is 10.0 Å². The molecule has 0 spiro atoms. The van der Waals surface area contributed by atoms with Crippen LogP contribution in [0.5, 0.6) is 0 Å². The monoisotopic (exact) mass is 225 g/mol. The fraction of sp³-hybridized carbons (Fsp3) is 0. The van der Waals surface area contributed by atoms with Gasteiger partial charge < -0.3 is 0 Å². The van der Waals surface area contributed by atoms with Crippen molar-refractivity contribution in [3.8, 4) is 0 Å². The molecule has 0 aliphatic rings. The van der Waals surface area contributed by atoms with Gasteiger partial charge in [0.2, 0.25) is 10.0 Å². The van der Waals surface area contributed by atoms with Crippen molar-refractivity contribution in [3.05, 3.63) is 42.2 Å². The van der Waals surface area contributed by atoms with E-state index in [1.807, 2.05) is 0 Å². The molecule has 0 saturated heterocycles. The Morgan fingerprint density at radius 2 is 1.73 bits per heavy atom. The van der Waals surface area contributed by atoms with Crippen molar-refractivity contribution in [2.75, 3.05) is 0 Å². The Kier molecular flexibility index (Phi) is 2.21. The predicted molar refractivity (Wildman–Crippen MR) is 55.3 cm³/mol. The summed E-state index contributed by atoms with van der Waals surface area (Å²) in [5, 5.41) is 5.78. The van der Waals surface area contributed by atoms with Crippen LogP contribution in [0.15, 0.2) is 41.3 Å². The van der Waals surface area contributed by atoms with Crippen LogP contribution in [0.3, 0.4) is 0 Å². The second-order valence-electron chi connectivity index (χ2n) is 3.14. The lowest BCUT2D eigenvalue weighted by molar-refractivity contribution is 0.574. The maximum Gasteiger partial charge on any atom is 0.240 e. The number of hydrogen-bond acceptors (Lipinski definition) is 2. The molecule has 2 aromatic rings. The normalized spacial score (nSPS) is 11.9. The Morgan fingerprint density at radius 1 is 1.07 bits per heavy atom. The van der Waals surface area contributed by atoms with Crippen LogP contribution in [-0.4, -0.2) is 8.42 Å². The standard InChI is InChI=1S/C10H8FNO2S/c11-10-8-4-2-1-3-7(8)5-6-9(10)15(12,13)14/h1-6H,(H2,12,13,14). The summed E-state index contributed by atoms with van der Waals surface area (Å²) in [6.07, 6.45) is 0. The summed E-state index contributed by atoms with van der Waals surface area (Å²) < 4.78 is 35.8. The van der Waals surface area contributed by atoms with Gasteiger partial charge in [-0.15, -0.1) is 0 Å². The molecule has 0 radical (unpaired) electrons. The van der Waals surface area contributed by atoms with Gasteiger partial charge in [-0.1, -0.05) is 30.3 Å². The number of benzene rings is 2. The smallest absolute Gasteiger partial charge is 0.225 e. The largest absolute Gasteiger partial charge is 0.240 e. The second-order valence-corrected chi connectivity index (χ2v) is 4.67. The van der Waals surface area contributed by atoms with E-state index in [4.69, 9.17) is 5.14 Å². The van der Waals surface area contributed by atoms with E-state index in [-0.39, 0.29) is 5.39 Å². The first kappa shape index (κ1) is 10.1. The lowest BCUT2D eigenvalue weighted by Crippen LogP contribution is -2.14. The SMILES string of the molecule is NS(=O)(=O)c1ccc2ccccc2c1F. The summed E-state index contributed by atoms with van der Waals surface area (Å²) in [6, 6.07) is 9.30. The van der Waals surface area contributed by atoms with E-state index in [0.29, 0.717) is 5.39 Å². The first-order chi connectivity index (χ1) is 7.00. The van der Waals surface area contributed by atoms with Crippen LogP contribution in [0.4, 0.5) is 4.39 Å². The highest BCUT2D eigenvalue weighted by Crippen LogP contribution is 2.22. The third kappa shape index (κ3) is 1.71. The van der Waals surface area contributed by atoms with Gasteiger partial charge in [-0.25, -0.2) is 17.9 Å². The van der Waals surface area contributed by atoms with E-state index in [9.17, 15) is 12.8 Å². The zero-order valence-electron chi connectivity index (χ0n) is 7.64. The molecule has 0 amide bonds. The number of fused-ring (bicyclic) bond motifs is 1. The van der Waals surface area contributed by atoms with Gasteiger partial charge in [0.25, 0.3) is 0 Å². The van der Waals surface area contributed by atoms with Crippen molar-refractivity contribution in [2.24, 2.45) is 5.14 Å². The number of primary sulfonamides is 1. The molecule has 0 aliphatic heterocycles. The molecule has 0 saturated carbocycles. The fourth-order valence-corrected chi connectivity index (χ4v) is 2.05. The van der Waals surface area contributed by atoms with E-state index in [1.165, 1.54) is 18.2 Å². The lowest BCUT2D eigenvalue weighted by Gasteiger charge is -2.03. The summed E-state index contributed by atoms with van der Waals surface area (Å²) in [6.45, 7) is 0. The van der Waals surface area contributed by atoms with Gasteiger partial charge in [0.1, 0.15) is 4.90 Å². The van der Waals surface area contributed by atoms with Gasteiger partial charge in [0.05, 0.1) is 0 Å². The average molecular weight is 225 g/mol. The Morgan fingerprint density at radius 3 is 2.40 bits per heavy atom. The lowest BCUT2D eigenvalue weighted by atomic mass is 10.1. The molecule has 78 valence electrons. The van der Waals surface area contributed by atoms with Gasteiger partial charge in [0, 0.05) is 5.39 Å². The third-order valence-corrected chi connectivity index (χ3v) is 3.06. The minimum Gasteiger partial charge on any atom is -0.225 e. The zero-order valence-corrected chi connectivity index (χ0v) is 8.46. The molecule has 2 N–H and O–H groups in total. The highest BCUT2D eigenvalue weighted by molar-refractivity contribution is 7.89. The van der Waals surface area contributed by atoms with Gasteiger partial charge >= 0.3 is 0 Å². The van der Waals surface area contributed by atoms with Crippen LogP contribution < -0.4 is 5.14 Å². The third-order valence-electron chi connectivity index (χ3n) is 2.13. The molecule has 0 aliphatic carbocycles. The van der Waals surface area contributed by atoms with Crippen molar-refractivity contribution < 1.29 is 12.8 Å². The Bertz CT molecular complexity index is 622. The van der Waals surface area contributed by atoms with Crippen LogP contribution in [0, 0.1) is 5.82 Å². The number of sulfonamides is 1. The van der Waals surface area contributed by atoms with Crippen LogP contribution in [0.2, 0.25) is 0 Å². The van der Waals surface area contributed by atoms with E-state index < -0.39 is 20.7 Å². The molecule has 0 heterocycles. The molecule has 3 nitrogen and oxygen atoms in total. The molecule has 2 aromatic carbocycles. The van der Waals surface area contributed by atoms with Crippen LogP contribution in [0.25, 0.3) is 10.8 Å². The van der Waals surface area contributed by atoms with E-state index in [0.717, 1.165) is 0 Å². The Balaban J connectivity index is 2.88. The first-order valence-corrected chi connectivity index (χ1v) is 5.75. The maximum atomic E-state index is 13.7. The molecule has 0 atom stereocenters. The fourth-order valence-electron chi connectivity index (χ4n) is 1.43. The average Bonchev–Trinajstić information content (AvgIpc) is 2.16. The van der Waals surface area contributed by atoms with Crippen molar-refractivity contribution in [2.45, 2.75) is 4.90 Å². The van der Waals surface area contributed by atoms with E-state index in [1.54, 1.807) is 18.2 Å². The molecule has 0 aromatic heterocycles. The van der Waals surface area contributed by atoms with Gasteiger partial charge in [-0.3, -0.25) is 0 Å². The minimum atomic E-state index is -4.00. The van der Waals surface area contributed by atoms with Crippen molar-refractivity contribution in [1.29, 1.82) is 0 Å².